The lowest BCUT2D eigenvalue weighted by Crippen LogP contribution is -2.36. The number of hydrogen-bond acceptors (Lipinski definition) is 5. The van der Waals surface area contributed by atoms with Crippen LogP contribution in [0.5, 0.6) is 0 Å². The van der Waals surface area contributed by atoms with Gasteiger partial charge < -0.3 is 10.2 Å². The SMILES string of the molecule is CCCNc1cc(N2CCCC(=O)C2)ncn1. The van der Waals surface area contributed by atoms with E-state index in [1.165, 1.54) is 0 Å². The molecular weight excluding hydrogens is 216 g/mol. The molecule has 0 radical (unpaired) electrons. The molecule has 5 heteroatoms. The number of rotatable bonds is 4. The minimum absolute atomic E-state index is 0.290. The van der Waals surface area contributed by atoms with Crippen LogP contribution in [-0.4, -0.2) is 35.4 Å². The molecule has 0 aromatic carbocycles. The third kappa shape index (κ3) is 3.15. The Hall–Kier alpha value is -1.65. The van der Waals surface area contributed by atoms with Crippen molar-refractivity contribution in [3.8, 4) is 0 Å². The maximum Gasteiger partial charge on any atom is 0.152 e. The molecule has 5 nitrogen and oxygen atoms in total. The zero-order valence-electron chi connectivity index (χ0n) is 10.1. The van der Waals surface area contributed by atoms with Crippen LogP contribution in [0.3, 0.4) is 0 Å². The summed E-state index contributed by atoms with van der Waals surface area (Å²) in [5.41, 5.74) is 0. The van der Waals surface area contributed by atoms with Crippen LogP contribution in [0.2, 0.25) is 0 Å². The van der Waals surface area contributed by atoms with E-state index in [1.807, 2.05) is 11.0 Å². The molecule has 1 saturated heterocycles. The van der Waals surface area contributed by atoms with Gasteiger partial charge in [-0.3, -0.25) is 4.79 Å². The maximum absolute atomic E-state index is 11.4. The van der Waals surface area contributed by atoms with Gasteiger partial charge in [-0.25, -0.2) is 9.97 Å². The molecule has 2 rings (SSSR count). The first-order valence-corrected chi connectivity index (χ1v) is 6.12. The third-order valence-electron chi connectivity index (χ3n) is 2.78. The highest BCUT2D eigenvalue weighted by Crippen LogP contribution is 2.17. The lowest BCUT2D eigenvalue weighted by atomic mass is 10.1. The second kappa shape index (κ2) is 5.61. The van der Waals surface area contributed by atoms with E-state index >= 15 is 0 Å². The van der Waals surface area contributed by atoms with Crippen molar-refractivity contribution in [1.82, 2.24) is 9.97 Å². The Labute approximate surface area is 101 Å². The van der Waals surface area contributed by atoms with Crippen molar-refractivity contribution in [3.05, 3.63) is 12.4 Å². The summed E-state index contributed by atoms with van der Waals surface area (Å²) in [5.74, 6) is 1.96. The lowest BCUT2D eigenvalue weighted by Gasteiger charge is -2.26. The molecule has 17 heavy (non-hydrogen) atoms. The fourth-order valence-electron chi connectivity index (χ4n) is 1.90. The van der Waals surface area contributed by atoms with Crippen molar-refractivity contribution in [2.45, 2.75) is 26.2 Å². The van der Waals surface area contributed by atoms with E-state index in [-0.39, 0.29) is 5.78 Å². The van der Waals surface area contributed by atoms with Crippen LogP contribution in [0.4, 0.5) is 11.6 Å². The molecule has 1 fully saturated rings. The van der Waals surface area contributed by atoms with Crippen molar-refractivity contribution in [1.29, 1.82) is 0 Å². The van der Waals surface area contributed by atoms with Gasteiger partial charge in [0.15, 0.2) is 5.78 Å². The summed E-state index contributed by atoms with van der Waals surface area (Å²) in [4.78, 5) is 21.8. The Bertz CT molecular complexity index is 394. The van der Waals surface area contributed by atoms with Crippen LogP contribution in [0.1, 0.15) is 26.2 Å². The summed E-state index contributed by atoms with van der Waals surface area (Å²) < 4.78 is 0. The summed E-state index contributed by atoms with van der Waals surface area (Å²) in [6.07, 6.45) is 4.22. The van der Waals surface area contributed by atoms with Crippen molar-refractivity contribution >= 4 is 17.4 Å². The highest BCUT2D eigenvalue weighted by molar-refractivity contribution is 5.84. The van der Waals surface area contributed by atoms with Gasteiger partial charge in [-0.1, -0.05) is 6.92 Å². The molecule has 1 aliphatic heterocycles. The van der Waals surface area contributed by atoms with Gasteiger partial charge in [0.2, 0.25) is 0 Å². The lowest BCUT2D eigenvalue weighted by molar-refractivity contribution is -0.118. The van der Waals surface area contributed by atoms with Crippen LogP contribution < -0.4 is 10.2 Å². The van der Waals surface area contributed by atoms with E-state index in [0.717, 1.165) is 37.6 Å². The molecule has 0 unspecified atom stereocenters. The molecule has 1 aliphatic rings. The number of anilines is 2. The average molecular weight is 234 g/mol. The van der Waals surface area contributed by atoms with Gasteiger partial charge in [0.1, 0.15) is 18.0 Å². The molecule has 1 N–H and O–H groups in total. The molecule has 0 bridgehead atoms. The standard InChI is InChI=1S/C12H18N4O/c1-2-5-13-11-7-12(15-9-14-11)16-6-3-4-10(17)8-16/h7,9H,2-6,8H2,1H3,(H,13,14,15). The van der Waals surface area contributed by atoms with Crippen molar-refractivity contribution in [3.63, 3.8) is 0 Å². The van der Waals surface area contributed by atoms with Crippen LogP contribution in [-0.2, 0) is 4.79 Å². The smallest absolute Gasteiger partial charge is 0.152 e. The molecule has 0 amide bonds. The van der Waals surface area contributed by atoms with Crippen LogP contribution in [0.25, 0.3) is 0 Å². The zero-order valence-corrected chi connectivity index (χ0v) is 10.1. The first-order chi connectivity index (χ1) is 8.29. The number of hydrogen-bond donors (Lipinski definition) is 1. The molecule has 0 aliphatic carbocycles. The molecule has 1 aromatic rings. The predicted octanol–water partition coefficient (Wildman–Crippen LogP) is 1.47. The number of ketones is 1. The number of carbonyl (C=O) groups is 1. The van der Waals surface area contributed by atoms with Crippen molar-refractivity contribution in [2.24, 2.45) is 0 Å². The van der Waals surface area contributed by atoms with Gasteiger partial charge in [-0.2, -0.15) is 0 Å². The maximum atomic E-state index is 11.4. The Morgan fingerprint density at radius 2 is 2.35 bits per heavy atom. The number of aromatic nitrogens is 2. The minimum Gasteiger partial charge on any atom is -0.370 e. The summed E-state index contributed by atoms with van der Waals surface area (Å²) >= 11 is 0. The van der Waals surface area contributed by atoms with Gasteiger partial charge in [-0.15, -0.1) is 0 Å². The quantitative estimate of drug-likeness (QED) is 0.855. The number of nitrogens with one attached hydrogen (secondary N) is 1. The van der Waals surface area contributed by atoms with Crippen molar-refractivity contribution in [2.75, 3.05) is 29.9 Å². The van der Waals surface area contributed by atoms with Crippen molar-refractivity contribution < 1.29 is 4.79 Å². The van der Waals surface area contributed by atoms with Gasteiger partial charge in [0.25, 0.3) is 0 Å². The summed E-state index contributed by atoms with van der Waals surface area (Å²) in [5, 5.41) is 3.22. The number of nitrogens with zero attached hydrogens (tertiary/aromatic N) is 3. The van der Waals surface area contributed by atoms with E-state index in [2.05, 4.69) is 22.2 Å². The summed E-state index contributed by atoms with van der Waals surface area (Å²) in [7, 11) is 0. The topological polar surface area (TPSA) is 58.1 Å². The van der Waals surface area contributed by atoms with Crippen LogP contribution in [0, 0.1) is 0 Å². The highest BCUT2D eigenvalue weighted by Gasteiger charge is 2.18. The molecule has 1 aromatic heterocycles. The van der Waals surface area contributed by atoms with Crippen LogP contribution >= 0.6 is 0 Å². The second-order valence-corrected chi connectivity index (χ2v) is 4.25. The van der Waals surface area contributed by atoms with E-state index in [0.29, 0.717) is 13.0 Å². The average Bonchev–Trinajstić information content (AvgIpc) is 2.37. The van der Waals surface area contributed by atoms with E-state index in [9.17, 15) is 4.79 Å². The van der Waals surface area contributed by atoms with Gasteiger partial charge >= 0.3 is 0 Å². The summed E-state index contributed by atoms with van der Waals surface area (Å²) in [6.45, 7) is 4.38. The first-order valence-electron chi connectivity index (χ1n) is 6.12. The Morgan fingerprint density at radius 3 is 3.12 bits per heavy atom. The fraction of sp³-hybridized carbons (Fsp3) is 0.583. The second-order valence-electron chi connectivity index (χ2n) is 4.25. The fourth-order valence-corrected chi connectivity index (χ4v) is 1.90. The number of carbonyl (C=O) groups excluding carboxylic acids is 1. The molecule has 0 spiro atoms. The Kier molecular flexibility index (Phi) is 3.90. The molecule has 92 valence electrons. The Balaban J connectivity index is 2.06. The van der Waals surface area contributed by atoms with E-state index in [1.54, 1.807) is 6.33 Å². The van der Waals surface area contributed by atoms with E-state index in [4.69, 9.17) is 0 Å². The van der Waals surface area contributed by atoms with Gasteiger partial charge in [0.05, 0.1) is 6.54 Å². The molecule has 2 heterocycles. The molecular formula is C12H18N4O. The van der Waals surface area contributed by atoms with Gasteiger partial charge in [-0.05, 0) is 12.8 Å². The predicted molar refractivity (Wildman–Crippen MR) is 67.3 cm³/mol. The zero-order chi connectivity index (χ0) is 12.1. The molecule has 0 saturated carbocycles. The first kappa shape index (κ1) is 11.8. The normalized spacial score (nSPS) is 16.1. The molecule has 0 atom stereocenters. The highest BCUT2D eigenvalue weighted by atomic mass is 16.1. The minimum atomic E-state index is 0.290. The van der Waals surface area contributed by atoms with Crippen LogP contribution in [0.15, 0.2) is 12.4 Å². The largest absolute Gasteiger partial charge is 0.370 e. The number of piperidine rings is 1. The number of Topliss-reactive ketones (excluding diaryl/α,β-unsaturated/α-hetero) is 1. The monoisotopic (exact) mass is 234 g/mol. The van der Waals surface area contributed by atoms with Gasteiger partial charge in [0, 0.05) is 25.6 Å². The Morgan fingerprint density at radius 1 is 1.47 bits per heavy atom. The third-order valence-corrected chi connectivity index (χ3v) is 2.78. The summed E-state index contributed by atoms with van der Waals surface area (Å²) in [6, 6.07) is 1.91. The van der Waals surface area contributed by atoms with E-state index < -0.39 is 0 Å².